The molecule has 1 aliphatic carbocycles. The number of nitrogens with one attached hydrogen (secondary N) is 1. The predicted molar refractivity (Wildman–Crippen MR) is 87.0 cm³/mol. The zero-order valence-electron chi connectivity index (χ0n) is 12.7. The molecule has 1 saturated carbocycles. The zero-order chi connectivity index (χ0) is 16.2. The molecule has 1 amide bonds. The summed E-state index contributed by atoms with van der Waals surface area (Å²) in [6, 6.07) is 6.43. The van der Waals surface area contributed by atoms with Crippen molar-refractivity contribution in [1.82, 2.24) is 10.3 Å². The number of rotatable bonds is 4. The van der Waals surface area contributed by atoms with Crippen molar-refractivity contribution in [3.63, 3.8) is 0 Å². The van der Waals surface area contributed by atoms with Crippen molar-refractivity contribution in [1.29, 1.82) is 0 Å². The van der Waals surface area contributed by atoms with Crippen LogP contribution in [-0.2, 0) is 6.42 Å². The molecule has 0 spiro atoms. The lowest BCUT2D eigenvalue weighted by atomic mass is 9.93. The summed E-state index contributed by atoms with van der Waals surface area (Å²) in [5, 5.41) is 13.3. The van der Waals surface area contributed by atoms with Crippen molar-refractivity contribution >= 4 is 17.2 Å². The summed E-state index contributed by atoms with van der Waals surface area (Å²) in [6.45, 7) is 0. The monoisotopic (exact) mass is 334 g/mol. The lowest BCUT2D eigenvalue weighted by Crippen LogP contribution is -2.38. The number of carbonyl (C=O) groups excluding carboxylic acids is 1. The molecule has 0 radical (unpaired) electrons. The van der Waals surface area contributed by atoms with Crippen molar-refractivity contribution in [2.24, 2.45) is 0 Å². The molecule has 6 heteroatoms. The summed E-state index contributed by atoms with van der Waals surface area (Å²) < 4.78 is 12.9. The fourth-order valence-corrected chi connectivity index (χ4v) is 3.61. The average molecular weight is 334 g/mol. The maximum atomic E-state index is 12.9. The molecule has 4 nitrogen and oxygen atoms in total. The zero-order valence-corrected chi connectivity index (χ0v) is 13.5. The Morgan fingerprint density at radius 3 is 2.65 bits per heavy atom. The number of thiazole rings is 1. The Hall–Kier alpha value is -1.79. The largest absolute Gasteiger partial charge is 0.393 e. The second kappa shape index (κ2) is 7.19. The summed E-state index contributed by atoms with van der Waals surface area (Å²) in [4.78, 5) is 17.1. The maximum absolute atomic E-state index is 12.9. The summed E-state index contributed by atoms with van der Waals surface area (Å²) in [6.07, 6.45) is 5.06. The lowest BCUT2D eigenvalue weighted by Gasteiger charge is -2.25. The van der Waals surface area contributed by atoms with Crippen LogP contribution < -0.4 is 5.32 Å². The number of amides is 1. The van der Waals surface area contributed by atoms with Crippen LogP contribution in [0.5, 0.6) is 0 Å². The molecule has 0 unspecified atom stereocenters. The van der Waals surface area contributed by atoms with E-state index in [4.69, 9.17) is 0 Å². The molecular formula is C17H19FN2O2S. The molecular weight excluding hydrogens is 315 g/mol. The number of hydrogen-bond acceptors (Lipinski definition) is 4. The van der Waals surface area contributed by atoms with E-state index in [1.807, 2.05) is 0 Å². The first-order valence-electron chi connectivity index (χ1n) is 7.78. The predicted octanol–water partition coefficient (Wildman–Crippen LogP) is 2.91. The number of hydrogen-bond donors (Lipinski definition) is 2. The third kappa shape index (κ3) is 4.36. The lowest BCUT2D eigenvalue weighted by molar-refractivity contribution is 0.0871. The molecule has 2 aromatic rings. The standard InChI is InChI=1S/C17H19FN2O2S/c18-12-3-1-11(2-4-12)9-16-19-10-15(23-16)17(22)20-13-5-7-14(21)8-6-13/h1-4,10,13-14,21H,5-9H2,(H,20,22). The van der Waals surface area contributed by atoms with E-state index < -0.39 is 0 Å². The number of halogens is 1. The molecule has 0 atom stereocenters. The molecule has 1 aliphatic rings. The van der Waals surface area contributed by atoms with E-state index in [1.54, 1.807) is 18.3 Å². The summed E-state index contributed by atoms with van der Waals surface area (Å²) >= 11 is 1.36. The van der Waals surface area contributed by atoms with Crippen molar-refractivity contribution in [3.8, 4) is 0 Å². The van der Waals surface area contributed by atoms with Crippen LogP contribution in [0.15, 0.2) is 30.5 Å². The Balaban J connectivity index is 1.57. The van der Waals surface area contributed by atoms with Gasteiger partial charge in [-0.15, -0.1) is 11.3 Å². The Kier molecular flexibility index (Phi) is 5.03. The van der Waals surface area contributed by atoms with Crippen LogP contribution in [0.3, 0.4) is 0 Å². The van der Waals surface area contributed by atoms with Gasteiger partial charge in [0.15, 0.2) is 0 Å². The van der Waals surface area contributed by atoms with Crippen molar-refractivity contribution in [2.45, 2.75) is 44.2 Å². The van der Waals surface area contributed by atoms with Crippen molar-refractivity contribution < 1.29 is 14.3 Å². The molecule has 0 saturated heterocycles. The van der Waals surface area contributed by atoms with Gasteiger partial charge in [0.25, 0.3) is 5.91 Å². The molecule has 0 aliphatic heterocycles. The first-order valence-corrected chi connectivity index (χ1v) is 8.60. The third-order valence-corrected chi connectivity index (χ3v) is 5.07. The minimum atomic E-state index is -0.259. The van der Waals surface area contributed by atoms with Gasteiger partial charge >= 0.3 is 0 Å². The minimum absolute atomic E-state index is 0.103. The highest BCUT2D eigenvalue weighted by atomic mass is 32.1. The number of nitrogens with zero attached hydrogens (tertiary/aromatic N) is 1. The first kappa shape index (κ1) is 16.1. The van der Waals surface area contributed by atoms with Crippen LogP contribution in [0.4, 0.5) is 4.39 Å². The SMILES string of the molecule is O=C(NC1CCC(O)CC1)c1cnc(Cc2ccc(F)cc2)s1. The normalized spacial score (nSPS) is 21.1. The molecule has 1 aromatic carbocycles. The maximum Gasteiger partial charge on any atom is 0.263 e. The number of aromatic nitrogens is 1. The van der Waals surface area contributed by atoms with Crippen LogP contribution in [0.25, 0.3) is 0 Å². The fraction of sp³-hybridized carbons (Fsp3) is 0.412. The van der Waals surface area contributed by atoms with E-state index in [-0.39, 0.29) is 23.9 Å². The van der Waals surface area contributed by atoms with Gasteiger partial charge in [-0.3, -0.25) is 4.79 Å². The van der Waals surface area contributed by atoms with E-state index >= 15 is 0 Å². The summed E-state index contributed by atoms with van der Waals surface area (Å²) in [7, 11) is 0. The molecule has 1 fully saturated rings. The van der Waals surface area contributed by atoms with E-state index in [0.717, 1.165) is 36.3 Å². The van der Waals surface area contributed by atoms with Gasteiger partial charge in [-0.1, -0.05) is 12.1 Å². The Morgan fingerprint density at radius 1 is 1.26 bits per heavy atom. The van der Waals surface area contributed by atoms with Crippen LogP contribution in [0.1, 0.15) is 45.9 Å². The molecule has 1 aromatic heterocycles. The highest BCUT2D eigenvalue weighted by molar-refractivity contribution is 7.13. The number of benzene rings is 1. The van der Waals surface area contributed by atoms with Crippen LogP contribution >= 0.6 is 11.3 Å². The topological polar surface area (TPSA) is 62.2 Å². The van der Waals surface area contributed by atoms with Gasteiger partial charge < -0.3 is 10.4 Å². The number of aliphatic hydroxyl groups excluding tert-OH is 1. The van der Waals surface area contributed by atoms with Crippen molar-refractivity contribution in [3.05, 3.63) is 51.7 Å². The van der Waals surface area contributed by atoms with Gasteiger partial charge in [-0.2, -0.15) is 0 Å². The molecule has 1 heterocycles. The molecule has 3 rings (SSSR count). The number of carbonyl (C=O) groups is 1. The minimum Gasteiger partial charge on any atom is -0.393 e. The van der Waals surface area contributed by atoms with E-state index in [9.17, 15) is 14.3 Å². The molecule has 0 bridgehead atoms. The molecule has 122 valence electrons. The van der Waals surface area contributed by atoms with Gasteiger partial charge in [0.2, 0.25) is 0 Å². The van der Waals surface area contributed by atoms with E-state index in [2.05, 4.69) is 10.3 Å². The van der Waals surface area contributed by atoms with Gasteiger partial charge in [-0.25, -0.2) is 9.37 Å². The van der Waals surface area contributed by atoms with E-state index in [0.29, 0.717) is 11.3 Å². The second-order valence-corrected chi connectivity index (χ2v) is 7.02. The van der Waals surface area contributed by atoms with E-state index in [1.165, 1.54) is 23.5 Å². The summed E-state index contributed by atoms with van der Waals surface area (Å²) in [5.74, 6) is -0.361. The van der Waals surface area contributed by atoms with Gasteiger partial charge in [-0.05, 0) is 43.4 Å². The van der Waals surface area contributed by atoms with Gasteiger partial charge in [0.1, 0.15) is 10.7 Å². The third-order valence-electron chi connectivity index (χ3n) is 4.08. The van der Waals surface area contributed by atoms with Gasteiger partial charge in [0.05, 0.1) is 17.3 Å². The Bertz CT molecular complexity index is 663. The second-order valence-electron chi connectivity index (χ2n) is 5.90. The molecule has 2 N–H and O–H groups in total. The number of aliphatic hydroxyl groups is 1. The van der Waals surface area contributed by atoms with Gasteiger partial charge in [0, 0.05) is 12.5 Å². The fourth-order valence-electron chi connectivity index (χ4n) is 2.75. The Morgan fingerprint density at radius 2 is 1.96 bits per heavy atom. The smallest absolute Gasteiger partial charge is 0.263 e. The average Bonchev–Trinajstić information content (AvgIpc) is 3.00. The van der Waals surface area contributed by atoms with Crippen LogP contribution in [-0.4, -0.2) is 28.1 Å². The Labute approximate surface area is 138 Å². The van der Waals surface area contributed by atoms with Crippen LogP contribution in [0.2, 0.25) is 0 Å². The van der Waals surface area contributed by atoms with Crippen molar-refractivity contribution in [2.75, 3.05) is 0 Å². The van der Waals surface area contributed by atoms with Crippen LogP contribution in [0, 0.1) is 5.82 Å². The summed E-state index contributed by atoms with van der Waals surface area (Å²) in [5.41, 5.74) is 0.967. The first-order chi connectivity index (χ1) is 11.1. The highest BCUT2D eigenvalue weighted by Crippen LogP contribution is 2.21. The highest BCUT2D eigenvalue weighted by Gasteiger charge is 2.22. The molecule has 23 heavy (non-hydrogen) atoms. The quantitative estimate of drug-likeness (QED) is 0.904.